The topological polar surface area (TPSA) is 67.2 Å². The summed E-state index contributed by atoms with van der Waals surface area (Å²) in [6.45, 7) is 3.60. The van der Waals surface area contributed by atoms with Crippen LogP contribution < -0.4 is 4.90 Å². The number of benzene rings is 1. The summed E-state index contributed by atoms with van der Waals surface area (Å²) in [5.41, 5.74) is 2.43. The van der Waals surface area contributed by atoms with Gasteiger partial charge in [-0.25, -0.2) is 9.97 Å². The number of aryl methyl sites for hydroxylation is 2. The fourth-order valence-corrected chi connectivity index (χ4v) is 3.99. The highest BCUT2D eigenvalue weighted by Crippen LogP contribution is 2.23. The molecule has 1 aliphatic rings. The van der Waals surface area contributed by atoms with E-state index in [0.29, 0.717) is 5.69 Å². The summed E-state index contributed by atoms with van der Waals surface area (Å²) in [6, 6.07) is 8.05. The second-order valence-electron chi connectivity index (χ2n) is 7.30. The number of nitrogens with zero attached hydrogens (tertiary/aromatic N) is 6. The van der Waals surface area contributed by atoms with Gasteiger partial charge in [0, 0.05) is 55.0 Å². The van der Waals surface area contributed by atoms with Gasteiger partial charge in [-0.3, -0.25) is 9.48 Å². The summed E-state index contributed by atoms with van der Waals surface area (Å²) in [4.78, 5) is 26.0. The number of anilines is 1. The number of fused-ring (bicyclic) bond motifs is 1. The van der Waals surface area contributed by atoms with Crippen molar-refractivity contribution in [3.63, 3.8) is 0 Å². The minimum Gasteiger partial charge on any atom is -0.341 e. The molecule has 28 heavy (non-hydrogen) atoms. The summed E-state index contributed by atoms with van der Waals surface area (Å²) < 4.78 is 2.76. The molecular formula is C20H23BrN6O. The van der Waals surface area contributed by atoms with Crippen molar-refractivity contribution in [3.05, 3.63) is 46.3 Å². The number of amides is 1. The van der Waals surface area contributed by atoms with Crippen molar-refractivity contribution in [2.45, 2.75) is 25.8 Å². The van der Waals surface area contributed by atoms with E-state index in [0.717, 1.165) is 52.9 Å². The lowest BCUT2D eigenvalue weighted by molar-refractivity contribution is 0.0702. The van der Waals surface area contributed by atoms with Gasteiger partial charge >= 0.3 is 0 Å². The summed E-state index contributed by atoms with van der Waals surface area (Å²) in [7, 11) is 3.73. The van der Waals surface area contributed by atoms with Gasteiger partial charge in [-0.2, -0.15) is 5.10 Å². The number of carbonyl (C=O) groups is 1. The quantitative estimate of drug-likeness (QED) is 0.622. The van der Waals surface area contributed by atoms with E-state index in [1.807, 2.05) is 56.4 Å². The average Bonchev–Trinajstić information content (AvgIpc) is 3.05. The van der Waals surface area contributed by atoms with Gasteiger partial charge in [0.2, 0.25) is 5.95 Å². The molecule has 0 spiro atoms. The number of carbonyl (C=O) groups excluding carboxylic acids is 1. The van der Waals surface area contributed by atoms with E-state index in [2.05, 4.69) is 30.9 Å². The second-order valence-corrected chi connectivity index (χ2v) is 8.22. The predicted molar refractivity (Wildman–Crippen MR) is 113 cm³/mol. The molecule has 8 heteroatoms. The number of hydrogen-bond acceptors (Lipinski definition) is 5. The molecule has 0 unspecified atom stereocenters. The Morgan fingerprint density at radius 2 is 2.00 bits per heavy atom. The van der Waals surface area contributed by atoms with E-state index in [1.54, 1.807) is 4.68 Å². The van der Waals surface area contributed by atoms with Crippen LogP contribution in [0.4, 0.5) is 5.95 Å². The summed E-state index contributed by atoms with van der Waals surface area (Å²) in [6.07, 6.45) is 3.64. The smallest absolute Gasteiger partial charge is 0.274 e. The normalized spacial score (nSPS) is 15.2. The Hall–Kier alpha value is -2.48. The van der Waals surface area contributed by atoms with E-state index in [4.69, 9.17) is 4.98 Å². The third-order valence-corrected chi connectivity index (χ3v) is 5.97. The Morgan fingerprint density at radius 3 is 2.68 bits per heavy atom. The molecular weight excluding hydrogens is 420 g/mol. The highest BCUT2D eigenvalue weighted by Gasteiger charge is 2.28. The first-order valence-corrected chi connectivity index (χ1v) is 10.2. The van der Waals surface area contributed by atoms with Gasteiger partial charge in [-0.15, -0.1) is 0 Å². The average molecular weight is 443 g/mol. The molecule has 1 aliphatic heterocycles. The zero-order valence-corrected chi connectivity index (χ0v) is 17.8. The number of halogens is 1. The van der Waals surface area contributed by atoms with Gasteiger partial charge in [-0.1, -0.05) is 15.9 Å². The zero-order chi connectivity index (χ0) is 19.8. The maximum Gasteiger partial charge on any atom is 0.274 e. The number of piperidine rings is 1. The minimum absolute atomic E-state index is 0.0188. The van der Waals surface area contributed by atoms with Crippen LogP contribution in [0.25, 0.3) is 10.9 Å². The van der Waals surface area contributed by atoms with Gasteiger partial charge in [0.25, 0.3) is 5.91 Å². The van der Waals surface area contributed by atoms with E-state index in [1.165, 1.54) is 0 Å². The van der Waals surface area contributed by atoms with E-state index in [-0.39, 0.29) is 11.9 Å². The molecule has 3 aromatic rings. The highest BCUT2D eigenvalue weighted by atomic mass is 79.9. The van der Waals surface area contributed by atoms with E-state index < -0.39 is 0 Å². The van der Waals surface area contributed by atoms with Gasteiger partial charge in [-0.05, 0) is 44.0 Å². The summed E-state index contributed by atoms with van der Waals surface area (Å²) in [5.74, 6) is 0.734. The SMILES string of the molecule is Cc1cc(C(=O)N(C)C2CCN(c3ncc4cc(Br)ccc4n3)CC2)nn1C. The summed E-state index contributed by atoms with van der Waals surface area (Å²) >= 11 is 3.48. The van der Waals surface area contributed by atoms with Crippen molar-refractivity contribution in [2.75, 3.05) is 25.0 Å². The van der Waals surface area contributed by atoms with Gasteiger partial charge < -0.3 is 9.80 Å². The van der Waals surface area contributed by atoms with Crippen molar-refractivity contribution in [1.29, 1.82) is 0 Å². The highest BCUT2D eigenvalue weighted by molar-refractivity contribution is 9.10. The van der Waals surface area contributed by atoms with Crippen LogP contribution in [-0.2, 0) is 7.05 Å². The molecule has 1 saturated heterocycles. The Morgan fingerprint density at radius 1 is 1.25 bits per heavy atom. The third kappa shape index (κ3) is 3.61. The lowest BCUT2D eigenvalue weighted by Crippen LogP contribution is -2.46. The molecule has 3 heterocycles. The molecule has 1 aromatic carbocycles. The van der Waals surface area contributed by atoms with Crippen LogP contribution in [0.15, 0.2) is 34.9 Å². The predicted octanol–water partition coefficient (Wildman–Crippen LogP) is 3.18. The Bertz CT molecular complexity index is 1010. The van der Waals surface area contributed by atoms with E-state index >= 15 is 0 Å². The minimum atomic E-state index is -0.0188. The van der Waals surface area contributed by atoms with Crippen LogP contribution in [0.3, 0.4) is 0 Å². The fraction of sp³-hybridized carbons (Fsp3) is 0.400. The lowest BCUT2D eigenvalue weighted by Gasteiger charge is -2.36. The molecule has 7 nitrogen and oxygen atoms in total. The van der Waals surface area contributed by atoms with Crippen LogP contribution in [-0.4, -0.2) is 56.7 Å². The van der Waals surface area contributed by atoms with Gasteiger partial charge in [0.15, 0.2) is 5.69 Å². The van der Waals surface area contributed by atoms with Crippen molar-refractivity contribution < 1.29 is 4.79 Å². The van der Waals surface area contributed by atoms with Crippen LogP contribution in [0.2, 0.25) is 0 Å². The number of rotatable bonds is 3. The van der Waals surface area contributed by atoms with Crippen LogP contribution >= 0.6 is 15.9 Å². The van der Waals surface area contributed by atoms with Crippen LogP contribution in [0, 0.1) is 6.92 Å². The van der Waals surface area contributed by atoms with Crippen molar-refractivity contribution in [2.24, 2.45) is 7.05 Å². The van der Waals surface area contributed by atoms with Crippen molar-refractivity contribution in [3.8, 4) is 0 Å². The largest absolute Gasteiger partial charge is 0.341 e. The molecule has 0 saturated carbocycles. The standard InChI is InChI=1S/C20H23BrN6O/c1-13-10-18(24-26(13)3)19(28)25(2)16-6-8-27(9-7-16)20-22-12-14-11-15(21)4-5-17(14)23-20/h4-5,10-12,16H,6-9H2,1-3H3. The summed E-state index contributed by atoms with van der Waals surface area (Å²) in [5, 5.41) is 5.33. The lowest BCUT2D eigenvalue weighted by atomic mass is 10.0. The Kier molecular flexibility index (Phi) is 5.05. The molecule has 146 valence electrons. The molecule has 0 N–H and O–H groups in total. The first-order valence-electron chi connectivity index (χ1n) is 9.37. The molecule has 0 bridgehead atoms. The fourth-order valence-electron chi connectivity index (χ4n) is 3.61. The van der Waals surface area contributed by atoms with E-state index in [9.17, 15) is 4.79 Å². The molecule has 0 atom stereocenters. The number of hydrogen-bond donors (Lipinski definition) is 0. The Balaban J connectivity index is 1.42. The van der Waals surface area contributed by atoms with Crippen LogP contribution in [0.1, 0.15) is 29.0 Å². The monoisotopic (exact) mass is 442 g/mol. The molecule has 0 radical (unpaired) electrons. The molecule has 1 fully saturated rings. The first kappa shape index (κ1) is 18.9. The van der Waals surface area contributed by atoms with Gasteiger partial charge in [0.1, 0.15) is 0 Å². The molecule has 1 amide bonds. The number of aromatic nitrogens is 4. The maximum absolute atomic E-state index is 12.7. The second kappa shape index (κ2) is 7.50. The molecule has 0 aliphatic carbocycles. The Labute approximate surface area is 172 Å². The molecule has 4 rings (SSSR count). The van der Waals surface area contributed by atoms with Crippen LogP contribution in [0.5, 0.6) is 0 Å². The van der Waals surface area contributed by atoms with Crippen molar-refractivity contribution in [1.82, 2.24) is 24.6 Å². The zero-order valence-electron chi connectivity index (χ0n) is 16.3. The third-order valence-electron chi connectivity index (χ3n) is 5.48. The van der Waals surface area contributed by atoms with Crippen molar-refractivity contribution >= 4 is 38.7 Å². The first-order chi connectivity index (χ1) is 13.4. The molecule has 2 aromatic heterocycles. The van der Waals surface area contributed by atoms with Gasteiger partial charge in [0.05, 0.1) is 5.52 Å². The maximum atomic E-state index is 12.7.